The smallest absolute Gasteiger partial charge is 0.180 e. The molecule has 1 rings (SSSR count). The molecule has 0 fully saturated rings. The summed E-state index contributed by atoms with van der Waals surface area (Å²) in [7, 11) is 0. The van der Waals surface area contributed by atoms with Crippen LogP contribution in [0.2, 0.25) is 0 Å². The van der Waals surface area contributed by atoms with E-state index < -0.39 is 0 Å². The van der Waals surface area contributed by atoms with Crippen LogP contribution in [0, 0.1) is 0 Å². The first-order valence-corrected chi connectivity index (χ1v) is 3.61. The Morgan fingerprint density at radius 3 is 3.33 bits per heavy atom. The summed E-state index contributed by atoms with van der Waals surface area (Å²) in [5.41, 5.74) is 0. The fourth-order valence-corrected chi connectivity index (χ4v) is 0.664. The topological polar surface area (TPSA) is 35.3 Å². The van der Waals surface area contributed by atoms with Crippen molar-refractivity contribution in [2.75, 3.05) is 6.26 Å². The van der Waals surface area contributed by atoms with Gasteiger partial charge in [0.05, 0.1) is 6.20 Å². The van der Waals surface area contributed by atoms with Gasteiger partial charge in [-0.15, -0.1) is 0 Å². The third-order valence-corrected chi connectivity index (χ3v) is 1.16. The van der Waals surface area contributed by atoms with Crippen molar-refractivity contribution in [3.05, 3.63) is 18.4 Å². The molecule has 4 heteroatoms. The molecule has 0 aliphatic rings. The number of oxazole rings is 1. The lowest BCUT2D eigenvalue weighted by atomic mass is 10.6. The zero-order valence-corrected chi connectivity index (χ0v) is 5.85. The van der Waals surface area contributed by atoms with E-state index >= 15 is 0 Å². The number of nitrogens with zero attached hydrogens (tertiary/aromatic N) is 1. The van der Waals surface area contributed by atoms with E-state index in [9.17, 15) is 0 Å². The van der Waals surface area contributed by atoms with Gasteiger partial charge < -0.3 is 8.60 Å². The quantitative estimate of drug-likeness (QED) is 0.603. The molecule has 0 aromatic carbocycles. The van der Waals surface area contributed by atoms with Crippen LogP contribution >= 0.6 is 12.0 Å². The van der Waals surface area contributed by atoms with Crippen LogP contribution in [0.1, 0.15) is 5.76 Å². The average Bonchev–Trinajstić information content (AvgIpc) is 2.34. The van der Waals surface area contributed by atoms with Gasteiger partial charge in [0.1, 0.15) is 6.61 Å². The molecular weight excluding hydrogens is 138 g/mol. The fourth-order valence-electron chi connectivity index (χ4n) is 0.430. The summed E-state index contributed by atoms with van der Waals surface area (Å²) in [6, 6.07) is 0. The molecule has 1 heterocycles. The van der Waals surface area contributed by atoms with Crippen LogP contribution in [0.15, 0.2) is 17.0 Å². The molecule has 0 aliphatic heterocycles. The van der Waals surface area contributed by atoms with Crippen LogP contribution in [0.5, 0.6) is 0 Å². The Bertz CT molecular complexity index is 152. The monoisotopic (exact) mass is 145 g/mol. The van der Waals surface area contributed by atoms with Crippen molar-refractivity contribution in [1.82, 2.24) is 4.98 Å². The van der Waals surface area contributed by atoms with Gasteiger partial charge >= 0.3 is 0 Å². The Kier molecular flexibility index (Phi) is 2.60. The van der Waals surface area contributed by atoms with E-state index in [-0.39, 0.29) is 0 Å². The normalized spacial score (nSPS) is 9.89. The standard InChI is InChI=1S/C5H7NO2S/c1-9-8-3-5-2-6-4-7-5/h2,4H,3H2,1H3. The largest absolute Gasteiger partial charge is 0.446 e. The summed E-state index contributed by atoms with van der Waals surface area (Å²) in [5, 5.41) is 0. The van der Waals surface area contributed by atoms with E-state index in [0.717, 1.165) is 5.76 Å². The van der Waals surface area contributed by atoms with Crippen LogP contribution in [0.25, 0.3) is 0 Å². The molecule has 3 nitrogen and oxygen atoms in total. The van der Waals surface area contributed by atoms with Crippen molar-refractivity contribution in [3.63, 3.8) is 0 Å². The van der Waals surface area contributed by atoms with Gasteiger partial charge in [-0.2, -0.15) is 0 Å². The third-order valence-electron chi connectivity index (χ3n) is 0.803. The lowest BCUT2D eigenvalue weighted by Crippen LogP contribution is -1.79. The first-order chi connectivity index (χ1) is 4.43. The fraction of sp³-hybridized carbons (Fsp3) is 0.400. The molecule has 1 aromatic rings. The molecule has 0 radical (unpaired) electrons. The number of rotatable bonds is 3. The molecule has 1 aromatic heterocycles. The minimum atomic E-state index is 0.487. The van der Waals surface area contributed by atoms with Crippen molar-refractivity contribution < 1.29 is 8.60 Å². The van der Waals surface area contributed by atoms with Gasteiger partial charge in [-0.3, -0.25) is 0 Å². The summed E-state index contributed by atoms with van der Waals surface area (Å²) in [4.78, 5) is 3.72. The molecule has 0 amide bonds. The van der Waals surface area contributed by atoms with Crippen molar-refractivity contribution in [1.29, 1.82) is 0 Å². The van der Waals surface area contributed by atoms with E-state index in [1.54, 1.807) is 6.20 Å². The summed E-state index contributed by atoms with van der Waals surface area (Å²) >= 11 is 1.31. The van der Waals surface area contributed by atoms with E-state index in [2.05, 4.69) is 4.98 Å². The minimum absolute atomic E-state index is 0.487. The molecule has 0 atom stereocenters. The molecule has 9 heavy (non-hydrogen) atoms. The second kappa shape index (κ2) is 3.53. The van der Waals surface area contributed by atoms with E-state index in [0.29, 0.717) is 6.61 Å². The van der Waals surface area contributed by atoms with Crippen LogP contribution in [0.3, 0.4) is 0 Å². The molecular formula is C5H7NO2S. The Labute approximate surface area is 57.6 Å². The summed E-state index contributed by atoms with van der Waals surface area (Å²) in [6.07, 6.45) is 4.88. The second-order valence-electron chi connectivity index (χ2n) is 1.40. The highest BCUT2D eigenvalue weighted by molar-refractivity contribution is 7.93. The minimum Gasteiger partial charge on any atom is -0.446 e. The zero-order valence-electron chi connectivity index (χ0n) is 5.03. The number of hydrogen-bond donors (Lipinski definition) is 0. The SMILES string of the molecule is CSOCc1cnco1. The molecule has 0 aliphatic carbocycles. The Hall–Kier alpha value is -0.480. The number of aromatic nitrogens is 1. The lowest BCUT2D eigenvalue weighted by Gasteiger charge is -1.91. The van der Waals surface area contributed by atoms with E-state index in [1.807, 2.05) is 6.26 Å². The Morgan fingerprint density at radius 1 is 1.89 bits per heavy atom. The predicted octanol–water partition coefficient (Wildman–Crippen LogP) is 1.47. The molecule has 50 valence electrons. The summed E-state index contributed by atoms with van der Waals surface area (Å²) in [5.74, 6) is 0.754. The van der Waals surface area contributed by atoms with Crippen molar-refractivity contribution in [2.24, 2.45) is 0 Å². The van der Waals surface area contributed by atoms with E-state index in [4.69, 9.17) is 8.60 Å². The van der Waals surface area contributed by atoms with E-state index in [1.165, 1.54) is 18.4 Å². The van der Waals surface area contributed by atoms with Gasteiger partial charge in [0.2, 0.25) is 0 Å². The van der Waals surface area contributed by atoms with Crippen LogP contribution in [0.4, 0.5) is 0 Å². The highest BCUT2D eigenvalue weighted by atomic mass is 32.2. The van der Waals surface area contributed by atoms with Crippen LogP contribution < -0.4 is 0 Å². The van der Waals surface area contributed by atoms with Gasteiger partial charge in [-0.05, 0) is 12.0 Å². The zero-order chi connectivity index (χ0) is 6.53. The maximum Gasteiger partial charge on any atom is 0.180 e. The highest BCUT2D eigenvalue weighted by Gasteiger charge is 1.93. The highest BCUT2D eigenvalue weighted by Crippen LogP contribution is 2.03. The second-order valence-corrected chi connectivity index (χ2v) is 1.97. The summed E-state index contributed by atoms with van der Waals surface area (Å²) in [6.45, 7) is 0.487. The third kappa shape index (κ3) is 2.07. The summed E-state index contributed by atoms with van der Waals surface area (Å²) < 4.78 is 9.85. The molecule has 0 saturated heterocycles. The van der Waals surface area contributed by atoms with Crippen LogP contribution in [-0.4, -0.2) is 11.2 Å². The molecule has 0 N–H and O–H groups in total. The van der Waals surface area contributed by atoms with Crippen molar-refractivity contribution >= 4 is 12.0 Å². The first-order valence-electron chi connectivity index (χ1n) is 2.46. The molecule has 0 unspecified atom stereocenters. The van der Waals surface area contributed by atoms with Crippen molar-refractivity contribution in [3.8, 4) is 0 Å². The number of hydrogen-bond acceptors (Lipinski definition) is 4. The lowest BCUT2D eigenvalue weighted by molar-refractivity contribution is 0.315. The van der Waals surface area contributed by atoms with Crippen LogP contribution in [-0.2, 0) is 10.8 Å². The maximum atomic E-state index is 4.96. The molecule has 0 saturated carbocycles. The van der Waals surface area contributed by atoms with Gasteiger partial charge in [-0.1, -0.05) is 0 Å². The average molecular weight is 145 g/mol. The van der Waals surface area contributed by atoms with Crippen molar-refractivity contribution in [2.45, 2.75) is 6.61 Å². The maximum absolute atomic E-state index is 4.96. The van der Waals surface area contributed by atoms with Gasteiger partial charge in [-0.25, -0.2) is 4.98 Å². The Morgan fingerprint density at radius 2 is 2.78 bits per heavy atom. The van der Waals surface area contributed by atoms with Gasteiger partial charge in [0, 0.05) is 6.26 Å². The first kappa shape index (κ1) is 6.64. The van der Waals surface area contributed by atoms with Gasteiger partial charge in [0.25, 0.3) is 0 Å². The Balaban J connectivity index is 2.30. The molecule has 0 spiro atoms. The van der Waals surface area contributed by atoms with Gasteiger partial charge in [0.15, 0.2) is 12.2 Å². The predicted molar refractivity (Wildman–Crippen MR) is 34.8 cm³/mol. The molecule has 0 bridgehead atoms.